The molecule has 0 saturated carbocycles. The second kappa shape index (κ2) is 6.35. The second-order valence-electron chi connectivity index (χ2n) is 5.51. The fourth-order valence-corrected chi connectivity index (χ4v) is 2.21. The van der Waals surface area contributed by atoms with Crippen molar-refractivity contribution in [3.05, 3.63) is 23.8 Å². The Morgan fingerprint density at radius 2 is 1.91 bits per heavy atom. The van der Waals surface area contributed by atoms with Gasteiger partial charge in [0.1, 0.15) is 5.75 Å². The van der Waals surface area contributed by atoms with Gasteiger partial charge < -0.3 is 15.2 Å². The number of amides is 1. The first kappa shape index (κ1) is 18.0. The molecule has 0 aliphatic heterocycles. The number of carbonyl (C=O) groups excluding carboxylic acids is 1. The van der Waals surface area contributed by atoms with Crippen LogP contribution in [0.5, 0.6) is 5.75 Å². The molecule has 0 aromatic heterocycles. The first-order valence-electron chi connectivity index (χ1n) is 6.39. The molecule has 122 valence electrons. The average molecular weight is 329 g/mol. The number of hydrogen-bond donors (Lipinski definition) is 2. The summed E-state index contributed by atoms with van der Waals surface area (Å²) in [6.07, 6.45) is 1.03. The molecule has 0 bridgehead atoms. The van der Waals surface area contributed by atoms with Crippen molar-refractivity contribution in [2.75, 3.05) is 19.9 Å². The quantitative estimate of drug-likeness (QED) is 0.804. The maximum Gasteiger partial charge on any atom is 0.310 e. The van der Waals surface area contributed by atoms with Crippen LogP contribution in [0.2, 0.25) is 0 Å². The SMILES string of the molecule is COc1ccc(S(C)(=O)=O)cc1C(=O)NCC(C)(C)C(=O)O. The molecule has 0 unspecified atom stereocenters. The van der Waals surface area contributed by atoms with Crippen LogP contribution in [0.4, 0.5) is 0 Å². The molecule has 0 atom stereocenters. The van der Waals surface area contributed by atoms with Gasteiger partial charge in [0, 0.05) is 12.8 Å². The summed E-state index contributed by atoms with van der Waals surface area (Å²) in [5.74, 6) is -1.45. The summed E-state index contributed by atoms with van der Waals surface area (Å²) < 4.78 is 28.2. The van der Waals surface area contributed by atoms with E-state index in [2.05, 4.69) is 5.32 Å². The van der Waals surface area contributed by atoms with Crippen molar-refractivity contribution in [3.8, 4) is 5.75 Å². The summed E-state index contributed by atoms with van der Waals surface area (Å²) >= 11 is 0. The highest BCUT2D eigenvalue weighted by Crippen LogP contribution is 2.23. The molecule has 0 heterocycles. The first-order chi connectivity index (χ1) is 9.99. The Labute approximate surface area is 129 Å². The van der Waals surface area contributed by atoms with Crippen LogP contribution in [0, 0.1) is 5.41 Å². The lowest BCUT2D eigenvalue weighted by Gasteiger charge is -2.20. The van der Waals surface area contributed by atoms with Gasteiger partial charge in [0.05, 0.1) is 23.0 Å². The normalized spacial score (nSPS) is 11.8. The molecule has 0 radical (unpaired) electrons. The van der Waals surface area contributed by atoms with E-state index in [4.69, 9.17) is 9.84 Å². The summed E-state index contributed by atoms with van der Waals surface area (Å²) in [4.78, 5) is 23.2. The van der Waals surface area contributed by atoms with Crippen LogP contribution in [0.15, 0.2) is 23.1 Å². The number of aliphatic carboxylic acids is 1. The van der Waals surface area contributed by atoms with E-state index in [0.29, 0.717) is 0 Å². The Bertz CT molecular complexity index is 693. The lowest BCUT2D eigenvalue weighted by molar-refractivity contribution is -0.146. The molecule has 2 N–H and O–H groups in total. The molecule has 7 nitrogen and oxygen atoms in total. The van der Waals surface area contributed by atoms with Gasteiger partial charge in [-0.1, -0.05) is 0 Å². The highest BCUT2D eigenvalue weighted by atomic mass is 32.2. The summed E-state index contributed by atoms with van der Waals surface area (Å²) in [6.45, 7) is 2.84. The molecule has 0 aliphatic rings. The minimum atomic E-state index is -3.47. The molecular weight excluding hydrogens is 310 g/mol. The molecule has 1 amide bonds. The fraction of sp³-hybridized carbons (Fsp3) is 0.429. The van der Waals surface area contributed by atoms with Crippen molar-refractivity contribution < 1.29 is 27.9 Å². The molecule has 0 saturated heterocycles. The van der Waals surface area contributed by atoms with E-state index in [-0.39, 0.29) is 22.8 Å². The predicted molar refractivity (Wildman–Crippen MR) is 79.9 cm³/mol. The zero-order valence-corrected chi connectivity index (χ0v) is 13.7. The van der Waals surface area contributed by atoms with Crippen LogP contribution in [0.25, 0.3) is 0 Å². The van der Waals surface area contributed by atoms with E-state index in [1.807, 2.05) is 0 Å². The predicted octanol–water partition coefficient (Wildman–Crippen LogP) is 0.939. The summed E-state index contributed by atoms with van der Waals surface area (Å²) in [5, 5.41) is 11.5. The molecule has 8 heteroatoms. The van der Waals surface area contributed by atoms with Crippen molar-refractivity contribution in [2.24, 2.45) is 5.41 Å². The molecule has 1 rings (SSSR count). The number of benzene rings is 1. The van der Waals surface area contributed by atoms with Gasteiger partial charge in [0.15, 0.2) is 9.84 Å². The highest BCUT2D eigenvalue weighted by molar-refractivity contribution is 7.90. The van der Waals surface area contributed by atoms with Crippen molar-refractivity contribution in [2.45, 2.75) is 18.7 Å². The standard InChI is InChI=1S/C14H19NO6S/c1-14(2,13(17)18)8-15-12(16)10-7-9(22(4,19)20)5-6-11(10)21-3/h5-7H,8H2,1-4H3,(H,15,16)(H,17,18). The van der Waals surface area contributed by atoms with E-state index >= 15 is 0 Å². The van der Waals surface area contributed by atoms with Gasteiger partial charge >= 0.3 is 5.97 Å². The number of sulfone groups is 1. The number of rotatable bonds is 6. The summed E-state index contributed by atoms with van der Waals surface area (Å²) in [5.41, 5.74) is -1.11. The molecular formula is C14H19NO6S. The van der Waals surface area contributed by atoms with Crippen LogP contribution >= 0.6 is 0 Å². The van der Waals surface area contributed by atoms with Gasteiger partial charge in [-0.25, -0.2) is 8.42 Å². The number of carboxylic acids is 1. The smallest absolute Gasteiger partial charge is 0.310 e. The lowest BCUT2D eigenvalue weighted by atomic mass is 9.94. The third kappa shape index (κ3) is 4.20. The number of carbonyl (C=O) groups is 2. The zero-order chi connectivity index (χ0) is 17.1. The number of methoxy groups -OCH3 is 1. The number of nitrogens with one attached hydrogen (secondary N) is 1. The van der Waals surface area contributed by atoms with E-state index < -0.39 is 27.1 Å². The molecule has 0 fully saturated rings. The van der Waals surface area contributed by atoms with Crippen LogP contribution < -0.4 is 10.1 Å². The zero-order valence-electron chi connectivity index (χ0n) is 12.8. The number of carboxylic acid groups (broad SMARTS) is 1. The van der Waals surface area contributed by atoms with E-state index in [0.717, 1.165) is 6.26 Å². The third-order valence-electron chi connectivity index (χ3n) is 3.11. The molecule has 0 spiro atoms. The molecule has 22 heavy (non-hydrogen) atoms. The van der Waals surface area contributed by atoms with E-state index in [9.17, 15) is 18.0 Å². The van der Waals surface area contributed by atoms with Crippen LogP contribution in [-0.2, 0) is 14.6 Å². The third-order valence-corrected chi connectivity index (χ3v) is 4.22. The van der Waals surface area contributed by atoms with Gasteiger partial charge in [0.25, 0.3) is 5.91 Å². The highest BCUT2D eigenvalue weighted by Gasteiger charge is 2.28. The van der Waals surface area contributed by atoms with Crippen molar-refractivity contribution in [3.63, 3.8) is 0 Å². The summed E-state index contributed by atoms with van der Waals surface area (Å²) in [6, 6.07) is 3.93. The van der Waals surface area contributed by atoms with Crippen molar-refractivity contribution in [1.82, 2.24) is 5.32 Å². The number of ether oxygens (including phenoxy) is 1. The fourth-order valence-electron chi connectivity index (χ4n) is 1.57. The van der Waals surface area contributed by atoms with E-state index in [1.165, 1.54) is 39.2 Å². The Morgan fingerprint density at radius 3 is 2.36 bits per heavy atom. The van der Waals surface area contributed by atoms with E-state index in [1.54, 1.807) is 0 Å². The second-order valence-corrected chi connectivity index (χ2v) is 7.52. The van der Waals surface area contributed by atoms with Crippen LogP contribution in [0.3, 0.4) is 0 Å². The van der Waals surface area contributed by atoms with Gasteiger partial charge in [-0.05, 0) is 32.0 Å². The van der Waals surface area contributed by atoms with Gasteiger partial charge in [-0.3, -0.25) is 9.59 Å². The van der Waals surface area contributed by atoms with Gasteiger partial charge in [-0.15, -0.1) is 0 Å². The van der Waals surface area contributed by atoms with Crippen molar-refractivity contribution >= 4 is 21.7 Å². The number of hydrogen-bond acceptors (Lipinski definition) is 5. The monoisotopic (exact) mass is 329 g/mol. The van der Waals surface area contributed by atoms with Gasteiger partial charge in [0.2, 0.25) is 0 Å². The van der Waals surface area contributed by atoms with Crippen LogP contribution in [-0.4, -0.2) is 45.3 Å². The Hall–Kier alpha value is -2.09. The summed E-state index contributed by atoms with van der Waals surface area (Å²) in [7, 11) is -2.12. The first-order valence-corrected chi connectivity index (χ1v) is 8.28. The van der Waals surface area contributed by atoms with Crippen LogP contribution in [0.1, 0.15) is 24.2 Å². The van der Waals surface area contributed by atoms with Gasteiger partial charge in [-0.2, -0.15) is 0 Å². The average Bonchev–Trinajstić information content (AvgIpc) is 2.42. The Kier molecular flexibility index (Phi) is 5.18. The largest absolute Gasteiger partial charge is 0.496 e. The molecule has 1 aromatic rings. The Morgan fingerprint density at radius 1 is 1.32 bits per heavy atom. The Balaban J connectivity index is 3.09. The molecule has 0 aliphatic carbocycles. The lowest BCUT2D eigenvalue weighted by Crippen LogP contribution is -2.39. The minimum Gasteiger partial charge on any atom is -0.496 e. The maximum absolute atomic E-state index is 12.2. The maximum atomic E-state index is 12.2. The molecule has 1 aromatic carbocycles. The topological polar surface area (TPSA) is 110 Å². The van der Waals surface area contributed by atoms with Crippen molar-refractivity contribution in [1.29, 1.82) is 0 Å². The minimum absolute atomic E-state index is 0.0176.